The number of carbonyl (C=O) groups is 1. The summed E-state index contributed by atoms with van der Waals surface area (Å²) < 4.78 is 9.31. The van der Waals surface area contributed by atoms with Crippen molar-refractivity contribution in [3.05, 3.63) is 71.3 Å². The summed E-state index contributed by atoms with van der Waals surface area (Å²) in [6.45, 7) is 4.42. The average molecular weight is 417 g/mol. The predicted molar refractivity (Wildman–Crippen MR) is 115 cm³/mol. The molecule has 8 heteroatoms. The number of oxime groups is 1. The predicted octanol–water partition coefficient (Wildman–Crippen LogP) is 3.80. The van der Waals surface area contributed by atoms with Crippen LogP contribution in [-0.2, 0) is 24.9 Å². The number of aromatic nitrogens is 4. The van der Waals surface area contributed by atoms with E-state index in [4.69, 9.17) is 9.36 Å². The maximum atomic E-state index is 12.5. The van der Waals surface area contributed by atoms with Crippen LogP contribution in [-0.4, -0.2) is 31.0 Å². The molecule has 0 amide bonds. The first-order valence-electron chi connectivity index (χ1n) is 10.3. The molecule has 0 aliphatic heterocycles. The van der Waals surface area contributed by atoms with Gasteiger partial charge >= 0.3 is 5.97 Å². The van der Waals surface area contributed by atoms with Gasteiger partial charge in [0, 0.05) is 60.1 Å². The molecule has 8 nitrogen and oxygen atoms in total. The number of imidazole rings is 1. The third-order valence-electron chi connectivity index (χ3n) is 6.01. The standard InChI is InChI=1S/C23H23N5O3/c1-14-12-18(25-30-14)23(29)31-26-22-16(13-28-11-10-24-15(28)2)8-9-20-21(22)17-6-4-5-7-19(17)27(20)3/h4-7,10-12,16H,8-9,13H2,1-3H3. The Kier molecular flexibility index (Phi) is 4.69. The minimum absolute atomic E-state index is 0.0815. The lowest BCUT2D eigenvalue weighted by atomic mass is 9.84. The third kappa shape index (κ3) is 3.34. The van der Waals surface area contributed by atoms with E-state index >= 15 is 0 Å². The molecule has 4 aromatic rings. The van der Waals surface area contributed by atoms with Crippen LogP contribution >= 0.6 is 0 Å². The highest BCUT2D eigenvalue weighted by Crippen LogP contribution is 2.35. The van der Waals surface area contributed by atoms with Gasteiger partial charge in [-0.2, -0.15) is 0 Å². The van der Waals surface area contributed by atoms with Gasteiger partial charge in [0.15, 0.2) is 5.69 Å². The molecule has 158 valence electrons. The van der Waals surface area contributed by atoms with Crippen molar-refractivity contribution >= 4 is 22.6 Å². The van der Waals surface area contributed by atoms with Crippen LogP contribution in [0.1, 0.15) is 39.8 Å². The van der Waals surface area contributed by atoms with Gasteiger partial charge in [0.05, 0.1) is 5.71 Å². The van der Waals surface area contributed by atoms with Crippen molar-refractivity contribution in [3.8, 4) is 0 Å². The van der Waals surface area contributed by atoms with Crippen LogP contribution in [0.15, 0.2) is 52.4 Å². The quantitative estimate of drug-likeness (QED) is 0.372. The van der Waals surface area contributed by atoms with E-state index in [0.29, 0.717) is 12.3 Å². The zero-order valence-corrected chi connectivity index (χ0v) is 17.7. The van der Waals surface area contributed by atoms with Crippen molar-refractivity contribution in [2.45, 2.75) is 33.2 Å². The Labute approximate surface area is 179 Å². The first-order valence-corrected chi connectivity index (χ1v) is 10.3. The highest BCUT2D eigenvalue weighted by molar-refractivity contribution is 6.14. The molecule has 3 heterocycles. The zero-order valence-electron chi connectivity index (χ0n) is 17.7. The minimum Gasteiger partial charge on any atom is -0.361 e. The lowest BCUT2D eigenvalue weighted by Gasteiger charge is -2.25. The Morgan fingerprint density at radius 3 is 2.90 bits per heavy atom. The van der Waals surface area contributed by atoms with E-state index in [1.165, 1.54) is 5.69 Å². The Morgan fingerprint density at radius 1 is 1.32 bits per heavy atom. The Morgan fingerprint density at radius 2 is 2.16 bits per heavy atom. The summed E-state index contributed by atoms with van der Waals surface area (Å²) >= 11 is 0. The molecule has 1 aliphatic carbocycles. The van der Waals surface area contributed by atoms with Crippen LogP contribution in [0.2, 0.25) is 0 Å². The largest absolute Gasteiger partial charge is 0.387 e. The summed E-state index contributed by atoms with van der Waals surface area (Å²) in [6.07, 6.45) is 5.59. The lowest BCUT2D eigenvalue weighted by molar-refractivity contribution is 0.0501. The van der Waals surface area contributed by atoms with Gasteiger partial charge in [0.2, 0.25) is 0 Å². The highest BCUT2D eigenvalue weighted by atomic mass is 16.7. The summed E-state index contributed by atoms with van der Waals surface area (Å²) in [6, 6.07) is 9.79. The number of rotatable bonds is 4. The van der Waals surface area contributed by atoms with E-state index in [0.717, 1.165) is 40.8 Å². The van der Waals surface area contributed by atoms with Gasteiger partial charge in [0.1, 0.15) is 11.6 Å². The summed E-state index contributed by atoms with van der Waals surface area (Å²) in [7, 11) is 2.07. The molecule has 0 fully saturated rings. The number of hydrogen-bond donors (Lipinski definition) is 0. The molecule has 0 saturated carbocycles. The molecule has 1 atom stereocenters. The second-order valence-corrected chi connectivity index (χ2v) is 7.94. The van der Waals surface area contributed by atoms with Gasteiger partial charge in [-0.15, -0.1) is 0 Å². The highest BCUT2D eigenvalue weighted by Gasteiger charge is 2.32. The van der Waals surface area contributed by atoms with Crippen molar-refractivity contribution < 1.29 is 14.2 Å². The Bertz CT molecular complexity index is 1310. The van der Waals surface area contributed by atoms with Crippen LogP contribution in [0.3, 0.4) is 0 Å². The molecule has 1 aromatic carbocycles. The lowest BCUT2D eigenvalue weighted by Crippen LogP contribution is -2.28. The fourth-order valence-corrected chi connectivity index (χ4v) is 4.41. The number of hydrogen-bond acceptors (Lipinski definition) is 6. The van der Waals surface area contributed by atoms with Gasteiger partial charge in [-0.1, -0.05) is 28.5 Å². The van der Waals surface area contributed by atoms with Gasteiger partial charge in [0.25, 0.3) is 0 Å². The van der Waals surface area contributed by atoms with Crippen LogP contribution in [0.25, 0.3) is 10.9 Å². The molecule has 0 bridgehead atoms. The van der Waals surface area contributed by atoms with Crippen LogP contribution in [0.4, 0.5) is 0 Å². The van der Waals surface area contributed by atoms with E-state index in [-0.39, 0.29) is 11.6 Å². The molecule has 1 unspecified atom stereocenters. The summed E-state index contributed by atoms with van der Waals surface area (Å²) in [5.41, 5.74) is 4.28. The number of nitrogens with zero attached hydrogens (tertiary/aromatic N) is 5. The SMILES string of the molecule is Cc1cc(C(=O)ON=C2c3c(n(C)c4ccccc34)CCC2Cn2ccnc2C)no1. The molecule has 5 rings (SSSR count). The van der Waals surface area contributed by atoms with E-state index in [1.807, 2.05) is 25.3 Å². The summed E-state index contributed by atoms with van der Waals surface area (Å²) in [4.78, 5) is 22.2. The maximum absolute atomic E-state index is 12.5. The number of benzene rings is 1. The number of carbonyl (C=O) groups excluding carboxylic acids is 1. The summed E-state index contributed by atoms with van der Waals surface area (Å²) in [5, 5.41) is 9.25. The fraction of sp³-hybridized carbons (Fsp3) is 0.304. The van der Waals surface area contributed by atoms with Crippen LogP contribution in [0.5, 0.6) is 0 Å². The first kappa shape index (κ1) is 19.3. The van der Waals surface area contributed by atoms with Crippen molar-refractivity contribution in [1.29, 1.82) is 0 Å². The second-order valence-electron chi connectivity index (χ2n) is 7.94. The molecular formula is C23H23N5O3. The first-order chi connectivity index (χ1) is 15.0. The van der Waals surface area contributed by atoms with E-state index in [9.17, 15) is 4.79 Å². The normalized spacial score (nSPS) is 17.3. The average Bonchev–Trinajstić information content (AvgIpc) is 3.46. The topological polar surface area (TPSA) is 87.4 Å². The van der Waals surface area contributed by atoms with E-state index in [1.54, 1.807) is 19.2 Å². The maximum Gasteiger partial charge on any atom is 0.387 e. The molecule has 0 radical (unpaired) electrons. The minimum atomic E-state index is -0.630. The molecule has 3 aromatic heterocycles. The van der Waals surface area contributed by atoms with E-state index < -0.39 is 5.97 Å². The van der Waals surface area contributed by atoms with Crippen molar-refractivity contribution in [3.63, 3.8) is 0 Å². The van der Waals surface area contributed by atoms with Gasteiger partial charge in [-0.3, -0.25) is 0 Å². The Balaban J connectivity index is 1.58. The molecule has 0 spiro atoms. The van der Waals surface area contributed by atoms with Gasteiger partial charge in [-0.25, -0.2) is 9.78 Å². The monoisotopic (exact) mass is 417 g/mol. The third-order valence-corrected chi connectivity index (χ3v) is 6.01. The Hall–Kier alpha value is -3.68. The number of aryl methyl sites for hydroxylation is 3. The second kappa shape index (κ2) is 7.54. The molecule has 31 heavy (non-hydrogen) atoms. The number of para-hydroxylation sites is 1. The van der Waals surface area contributed by atoms with Crippen LogP contribution < -0.4 is 0 Å². The van der Waals surface area contributed by atoms with E-state index in [2.05, 4.69) is 43.6 Å². The van der Waals surface area contributed by atoms with Crippen LogP contribution in [0, 0.1) is 19.8 Å². The molecule has 0 N–H and O–H groups in total. The summed E-state index contributed by atoms with van der Waals surface area (Å²) in [5.74, 6) is 0.938. The van der Waals surface area contributed by atoms with Crippen molar-refractivity contribution in [1.82, 2.24) is 19.3 Å². The van der Waals surface area contributed by atoms with Gasteiger partial charge < -0.3 is 18.5 Å². The zero-order chi connectivity index (χ0) is 21.5. The van der Waals surface area contributed by atoms with Crippen molar-refractivity contribution in [2.24, 2.45) is 18.1 Å². The molecule has 0 saturated heterocycles. The smallest absolute Gasteiger partial charge is 0.361 e. The number of fused-ring (bicyclic) bond motifs is 3. The molecular weight excluding hydrogens is 394 g/mol. The van der Waals surface area contributed by atoms with Gasteiger partial charge in [-0.05, 0) is 32.8 Å². The fourth-order valence-electron chi connectivity index (χ4n) is 4.41. The van der Waals surface area contributed by atoms with Crippen molar-refractivity contribution in [2.75, 3.05) is 0 Å². The molecule has 1 aliphatic rings.